The number of hydrogen-bond acceptors (Lipinski definition) is 22. The fourth-order valence-corrected chi connectivity index (χ4v) is 18.8. The van der Waals surface area contributed by atoms with Crippen molar-refractivity contribution in [1.29, 1.82) is 0 Å². The molecule has 644 valence electrons. The van der Waals surface area contributed by atoms with Crippen LogP contribution in [-0.4, -0.2) is 231 Å². The maximum atomic E-state index is 14.8. The van der Waals surface area contributed by atoms with E-state index in [0.717, 1.165) is 55.0 Å². The molecule has 14 rings (SSSR count). The van der Waals surface area contributed by atoms with Gasteiger partial charge in [-0.15, -0.1) is 0 Å². The molecule has 4 aliphatic carbocycles. The number of aromatic nitrogens is 6. The fourth-order valence-electron chi connectivity index (χ4n) is 16.1. The molecule has 0 radical (unpaired) electrons. The number of carboxylic acids is 1. The van der Waals surface area contributed by atoms with E-state index >= 15 is 0 Å². The number of Topliss-reactive ketones (excluding diaryl/α,β-unsaturated/α-hetero) is 2. The zero-order valence-corrected chi connectivity index (χ0v) is 74.5. The molecule has 4 aromatic heterocycles. The molecular formula is C84H113CaClN12O19S2. The van der Waals surface area contributed by atoms with Crippen LogP contribution in [0, 0.1) is 36.5 Å². The predicted octanol–water partition coefficient (Wildman–Crippen LogP) is 5.45. The van der Waals surface area contributed by atoms with Gasteiger partial charge in [-0.3, -0.25) is 52.4 Å². The van der Waals surface area contributed by atoms with Crippen molar-refractivity contribution in [2.75, 3.05) is 27.3 Å². The Hall–Kier alpha value is -8.47. The molecule has 0 bridgehead atoms. The number of ketones is 2. The third-order valence-corrected chi connectivity index (χ3v) is 28.3. The maximum absolute atomic E-state index is 14.8. The van der Waals surface area contributed by atoms with Crippen molar-refractivity contribution in [3.63, 3.8) is 0 Å². The number of methoxy groups -OCH3 is 2. The Bertz CT molecular complexity index is 5140. The van der Waals surface area contributed by atoms with Gasteiger partial charge in [0.1, 0.15) is 46.9 Å². The molecule has 8 aliphatic rings. The number of carbonyl (C=O) groups is 8. The number of nitrogens with one attached hydrogen (secondary N) is 3. The summed E-state index contributed by atoms with van der Waals surface area (Å²) in [6.45, 7) is 14.8. The smallest absolute Gasteiger partial charge is 1.00 e. The number of rotatable bonds is 19. The van der Waals surface area contributed by atoms with Gasteiger partial charge in [0.05, 0.1) is 83.0 Å². The standard InChI is InChI=1S/C42H54N6O9S.C37H50N4O8S.C5H6N2O2.Ca.ClH.2H/c1-25(2)56-36-21-35(29-14-15-34(55-6)26(3)37(29)44-36)57-28-20-32-33(49)23-42(40(52)46-58(53,54)41(4)17-18-41)22-27(42)12-10-8-7-9-11-13-31(39(51)48(32)24-28)43-38(50)30-16-19-47(5)45-30;1-22(2)48-32-18-31(26-13-14-30(47-5)23(3)33(26)39-32)49-25-17-28-29(42)20-37(35(44)40-50(45,46)36(4)15-16-36)19-24(37)11-9-7-6-8-10-12-27(38)34(43)41(28)21-25;1-7-3-2-4(6-7)5(8)9;;;;/h10,12,14-16,19,21,25,27-28,31-32H,7-9,11,13,17-18,20,22-24H2,1-6H3,(H,43,50)(H,46,52);9,11,13-14,18,22,24-25,27-28H,6-8,10,12,15-17,19-21,38H2,1-5H3,(H,40,44);2-3H,1H3,(H,8,9);;1H;;/q;;;+2;;2*-1/b12-10-;11-9-;;;;;/t27-,28-,31+,32+,42-;24-,25-,27+,28+,37-;;;;;/m11...../s1. The van der Waals surface area contributed by atoms with Crippen LogP contribution < -0.4 is 61.3 Å². The number of amides is 5. The Morgan fingerprint density at radius 1 is 0.597 bits per heavy atom. The van der Waals surface area contributed by atoms with Crippen molar-refractivity contribution in [1.82, 2.24) is 54.1 Å². The molecule has 2 saturated heterocycles. The molecule has 4 saturated carbocycles. The summed E-state index contributed by atoms with van der Waals surface area (Å²) in [5.74, 6) is -1.77. The Kier molecular flexibility index (Phi) is 29.5. The molecule has 119 heavy (non-hydrogen) atoms. The van der Waals surface area contributed by atoms with Crippen LogP contribution in [0.1, 0.15) is 205 Å². The quantitative estimate of drug-likeness (QED) is 0.0497. The number of sulfonamides is 2. The monoisotopic (exact) mass is 1730 g/mol. The first-order valence-electron chi connectivity index (χ1n) is 40.5. The number of pyridine rings is 2. The van der Waals surface area contributed by atoms with Gasteiger partial charge in [-0.2, -0.15) is 10.2 Å². The summed E-state index contributed by atoms with van der Waals surface area (Å²) in [7, 11) is -1.31. The van der Waals surface area contributed by atoms with Gasteiger partial charge in [0.2, 0.25) is 49.5 Å². The van der Waals surface area contributed by atoms with E-state index in [1.165, 1.54) is 20.3 Å². The summed E-state index contributed by atoms with van der Waals surface area (Å²) in [5, 5.41) is 20.5. The molecule has 7 N–H and O–H groups in total. The van der Waals surface area contributed by atoms with Gasteiger partial charge >= 0.3 is 43.7 Å². The van der Waals surface area contributed by atoms with Crippen molar-refractivity contribution < 1.29 is 110 Å². The first kappa shape index (κ1) is 92.8. The number of fused-ring (bicyclic) bond motifs is 6. The minimum Gasteiger partial charge on any atom is -1.00 e. The molecule has 5 amide bonds. The minimum atomic E-state index is -3.97. The Balaban J connectivity index is 0.000000266. The van der Waals surface area contributed by atoms with Crippen molar-refractivity contribution in [2.45, 2.75) is 242 Å². The van der Waals surface area contributed by atoms with E-state index < -0.39 is 106 Å². The number of benzene rings is 2. The van der Waals surface area contributed by atoms with Gasteiger partial charge in [-0.25, -0.2) is 31.6 Å². The number of nitrogens with zero attached hydrogens (tertiary/aromatic N) is 8. The minimum absolute atomic E-state index is 0. The topological polar surface area (TPSA) is 412 Å². The van der Waals surface area contributed by atoms with E-state index in [4.69, 9.17) is 43.5 Å². The second-order valence-electron chi connectivity index (χ2n) is 33.7. The van der Waals surface area contributed by atoms with E-state index in [-0.39, 0.29) is 145 Å². The number of quaternary nitrogens is 1. The number of hydrogen-bond donors (Lipinski definition) is 5. The zero-order valence-electron chi connectivity index (χ0n) is 71.9. The van der Waals surface area contributed by atoms with E-state index in [1.807, 2.05) is 90.1 Å². The van der Waals surface area contributed by atoms with Gasteiger partial charge in [0.15, 0.2) is 23.3 Å². The van der Waals surface area contributed by atoms with Crippen molar-refractivity contribution in [3.05, 3.63) is 108 Å². The van der Waals surface area contributed by atoms with Crippen LogP contribution in [0.2, 0.25) is 0 Å². The largest absolute Gasteiger partial charge is 2.00 e. The molecule has 2 aromatic carbocycles. The number of aryl methyl sites for hydroxylation is 4. The summed E-state index contributed by atoms with van der Waals surface area (Å²) in [4.78, 5) is 122. The summed E-state index contributed by atoms with van der Waals surface area (Å²) in [6.07, 6.45) is 19.4. The van der Waals surface area contributed by atoms with Gasteiger partial charge in [-0.05, 0) is 181 Å². The maximum Gasteiger partial charge on any atom is 2.00 e. The molecule has 35 heteroatoms. The van der Waals surface area contributed by atoms with Crippen LogP contribution in [0.25, 0.3) is 21.8 Å². The van der Waals surface area contributed by atoms with Crippen molar-refractivity contribution >= 4 is 127 Å². The summed E-state index contributed by atoms with van der Waals surface area (Å²) >= 11 is 0. The molecule has 6 aromatic rings. The molecule has 10 atom stereocenters. The SMILES string of the molecule is COc1ccc2c(O[C@@H]3C[C@H]4C(=O)C[C@]5(C(=O)NS(=O)(=O)C6(C)CC6)C[C@H]5/C=C\CCCCC[C@H](NC(=O)c5ccn(C)n5)C(=O)N4C3)cc(OC(C)C)nc2c1C.COc1ccc2c(O[C@@H]3C[C@H]4C(=O)C[C@]5(C(=O)NS(=O)(=O)C6(C)CC6)C[C@H]5/C=C\CCCCC[C@H]([NH3+])C(=O)N4C3)cc(OC(C)C)nc2c1C.Cn1ccc(C(=O)O)n1.[Ca+2].[Cl-].[H-].[H-]. The molecule has 31 nitrogen and oxygen atoms in total. The number of allylic oxidation sites excluding steroid dienone is 4. The second kappa shape index (κ2) is 37.9. The Labute approximate surface area is 733 Å². The van der Waals surface area contributed by atoms with Crippen molar-refractivity contribution in [3.8, 4) is 34.8 Å². The number of ether oxygens (including phenoxy) is 6. The summed E-state index contributed by atoms with van der Waals surface area (Å²) < 4.78 is 94.8. The van der Waals surface area contributed by atoms with E-state index in [1.54, 1.807) is 77.7 Å². The number of carboxylic acid groups (broad SMARTS) is 1. The van der Waals surface area contributed by atoms with E-state index in [9.17, 15) is 55.2 Å². The van der Waals surface area contributed by atoms with Crippen LogP contribution in [-0.2, 0) is 62.9 Å². The van der Waals surface area contributed by atoms with Crippen LogP contribution in [0.4, 0.5) is 0 Å². The first-order valence-corrected chi connectivity index (χ1v) is 43.5. The van der Waals surface area contributed by atoms with Crippen LogP contribution in [0.3, 0.4) is 0 Å². The third-order valence-electron chi connectivity index (χ3n) is 24.0. The van der Waals surface area contributed by atoms with Crippen LogP contribution in [0.5, 0.6) is 34.8 Å². The molecule has 0 spiro atoms. The van der Waals surface area contributed by atoms with Crippen LogP contribution >= 0.6 is 0 Å². The molecule has 6 fully saturated rings. The van der Waals surface area contributed by atoms with Gasteiger partial charge in [0, 0.05) is 92.6 Å². The van der Waals surface area contributed by atoms with Crippen LogP contribution in [0.15, 0.2) is 85.2 Å². The molecule has 8 heterocycles. The van der Waals surface area contributed by atoms with Gasteiger partial charge in [-0.1, -0.05) is 43.6 Å². The van der Waals surface area contributed by atoms with E-state index in [0.29, 0.717) is 115 Å². The molecular weight excluding hydrogens is 1620 g/mol. The zero-order chi connectivity index (χ0) is 84.4. The van der Waals surface area contributed by atoms with Gasteiger partial charge < -0.3 is 69.6 Å². The molecule has 0 unspecified atom stereocenters. The Morgan fingerprint density at radius 3 is 1.40 bits per heavy atom. The number of aromatic carboxylic acids is 1. The average Bonchev–Trinajstić information content (AvgIpc) is 1.57. The first-order chi connectivity index (χ1) is 55.4. The molecule has 4 aliphatic heterocycles. The Morgan fingerprint density at radius 2 is 1.02 bits per heavy atom. The number of halogens is 1. The summed E-state index contributed by atoms with van der Waals surface area (Å²) in [5.41, 5.74) is 4.82. The van der Waals surface area contributed by atoms with E-state index in [2.05, 4.69) is 30.7 Å². The second-order valence-corrected chi connectivity index (χ2v) is 38.1. The predicted molar refractivity (Wildman–Crippen MR) is 440 cm³/mol. The average molecular weight is 1730 g/mol. The van der Waals surface area contributed by atoms with Crippen molar-refractivity contribution in [2.24, 2.45) is 36.8 Å². The van der Waals surface area contributed by atoms with Gasteiger partial charge in [0.25, 0.3) is 11.8 Å². The summed E-state index contributed by atoms with van der Waals surface area (Å²) in [6, 6.07) is 10.5. The normalized spacial score (nSPS) is 25.8. The number of carbonyl (C=O) groups excluding carboxylic acids is 7. The third kappa shape index (κ3) is 21.0. The fraction of sp³-hybridized carbons (Fsp3) is 0.571.